The van der Waals surface area contributed by atoms with Crippen molar-refractivity contribution in [3.63, 3.8) is 0 Å². The number of piperidine rings is 1. The van der Waals surface area contributed by atoms with Gasteiger partial charge in [-0.15, -0.1) is 0 Å². The molecule has 8 nitrogen and oxygen atoms in total. The van der Waals surface area contributed by atoms with Crippen molar-refractivity contribution in [3.05, 3.63) is 56.1 Å². The maximum Gasteiger partial charge on any atom is 0.267 e. The molecule has 1 saturated heterocycles. The number of rotatable bonds is 3. The van der Waals surface area contributed by atoms with Crippen LogP contribution in [0.3, 0.4) is 0 Å². The van der Waals surface area contributed by atoms with Crippen LogP contribution in [0.5, 0.6) is 0 Å². The Labute approximate surface area is 170 Å². The molecular weight excluding hydrogens is 370 g/mol. The molecule has 156 valence electrons. The molecule has 1 aliphatic heterocycles. The third-order valence-corrected chi connectivity index (χ3v) is 5.58. The highest BCUT2D eigenvalue weighted by Crippen LogP contribution is 2.23. The summed E-state index contributed by atoms with van der Waals surface area (Å²) < 4.78 is 2.93. The standard InChI is InChI=1S/C21H29N5O3/c1-14-15(2)22-13-25(20(14)29)12-19(28)24-10-8-16(9-11-24)26-18(27)7-6-17(23-26)21(3,4)5/h6-7,13,16H,8-12H2,1-5H3. The Morgan fingerprint density at radius 2 is 1.79 bits per heavy atom. The summed E-state index contributed by atoms with van der Waals surface area (Å²) in [5.41, 5.74) is 1.67. The van der Waals surface area contributed by atoms with Gasteiger partial charge < -0.3 is 4.90 Å². The van der Waals surface area contributed by atoms with Gasteiger partial charge in [0.1, 0.15) is 6.54 Å². The topological polar surface area (TPSA) is 90.1 Å². The van der Waals surface area contributed by atoms with E-state index in [1.807, 2.05) is 0 Å². The Hall–Kier alpha value is -2.77. The first-order valence-electron chi connectivity index (χ1n) is 9.98. The van der Waals surface area contributed by atoms with Crippen LogP contribution in [-0.4, -0.2) is 43.2 Å². The molecule has 3 rings (SSSR count). The van der Waals surface area contributed by atoms with Gasteiger partial charge in [-0.2, -0.15) is 5.10 Å². The van der Waals surface area contributed by atoms with E-state index in [0.29, 0.717) is 37.2 Å². The Morgan fingerprint density at radius 1 is 1.14 bits per heavy atom. The number of hydrogen-bond acceptors (Lipinski definition) is 5. The molecule has 1 fully saturated rings. The highest BCUT2D eigenvalue weighted by molar-refractivity contribution is 5.76. The van der Waals surface area contributed by atoms with E-state index in [0.717, 1.165) is 5.69 Å². The zero-order valence-corrected chi connectivity index (χ0v) is 17.8. The molecule has 0 N–H and O–H groups in total. The first kappa shape index (κ1) is 21.0. The summed E-state index contributed by atoms with van der Waals surface area (Å²) in [4.78, 5) is 43.2. The van der Waals surface area contributed by atoms with Crippen LogP contribution in [0, 0.1) is 13.8 Å². The lowest BCUT2D eigenvalue weighted by atomic mass is 9.92. The van der Waals surface area contributed by atoms with E-state index in [9.17, 15) is 14.4 Å². The first-order valence-corrected chi connectivity index (χ1v) is 9.98. The minimum atomic E-state index is -0.185. The van der Waals surface area contributed by atoms with Gasteiger partial charge in [0, 0.05) is 35.8 Å². The Balaban J connectivity index is 1.68. The second-order valence-corrected chi connectivity index (χ2v) is 8.75. The summed E-state index contributed by atoms with van der Waals surface area (Å²) in [6.07, 6.45) is 2.75. The Kier molecular flexibility index (Phi) is 5.73. The Bertz CT molecular complexity index is 1020. The number of aryl methyl sites for hydroxylation is 1. The minimum Gasteiger partial charge on any atom is -0.341 e. The predicted octanol–water partition coefficient (Wildman–Crippen LogP) is 1.58. The maximum absolute atomic E-state index is 12.7. The number of carbonyl (C=O) groups excluding carboxylic acids is 1. The second kappa shape index (κ2) is 7.93. The van der Waals surface area contributed by atoms with Crippen LogP contribution in [0.15, 0.2) is 28.0 Å². The molecule has 0 aromatic carbocycles. The lowest BCUT2D eigenvalue weighted by molar-refractivity contribution is -0.133. The van der Waals surface area contributed by atoms with Gasteiger partial charge in [0.2, 0.25) is 5.91 Å². The lowest BCUT2D eigenvalue weighted by Gasteiger charge is -2.33. The molecule has 2 aromatic heterocycles. The molecule has 0 aliphatic carbocycles. The first-order chi connectivity index (χ1) is 13.6. The summed E-state index contributed by atoms with van der Waals surface area (Å²) in [5, 5.41) is 4.58. The number of hydrogen-bond donors (Lipinski definition) is 0. The van der Waals surface area contributed by atoms with Crippen molar-refractivity contribution in [2.45, 2.75) is 65.5 Å². The fourth-order valence-corrected chi connectivity index (χ4v) is 3.48. The van der Waals surface area contributed by atoms with E-state index < -0.39 is 0 Å². The van der Waals surface area contributed by atoms with Gasteiger partial charge in [-0.1, -0.05) is 20.8 Å². The van der Waals surface area contributed by atoms with Crippen molar-refractivity contribution in [3.8, 4) is 0 Å². The van der Waals surface area contributed by atoms with E-state index in [2.05, 4.69) is 30.9 Å². The number of amides is 1. The second-order valence-electron chi connectivity index (χ2n) is 8.75. The zero-order chi connectivity index (χ0) is 21.3. The highest BCUT2D eigenvalue weighted by atomic mass is 16.2. The number of likely N-dealkylation sites (tertiary alicyclic amines) is 1. The van der Waals surface area contributed by atoms with Crippen LogP contribution in [0.2, 0.25) is 0 Å². The van der Waals surface area contributed by atoms with Crippen LogP contribution in [0.1, 0.15) is 56.6 Å². The molecule has 2 aromatic rings. The van der Waals surface area contributed by atoms with E-state index in [-0.39, 0.29) is 35.0 Å². The molecule has 1 amide bonds. The number of aromatic nitrogens is 4. The summed E-state index contributed by atoms with van der Waals surface area (Å²) in [5.74, 6) is -0.112. The smallest absolute Gasteiger partial charge is 0.267 e. The fraction of sp³-hybridized carbons (Fsp3) is 0.571. The molecule has 8 heteroatoms. The maximum atomic E-state index is 12.7. The molecule has 0 saturated carbocycles. The lowest BCUT2D eigenvalue weighted by Crippen LogP contribution is -2.44. The van der Waals surface area contributed by atoms with Gasteiger partial charge >= 0.3 is 0 Å². The molecule has 0 radical (unpaired) electrons. The van der Waals surface area contributed by atoms with Crippen molar-refractivity contribution >= 4 is 5.91 Å². The SMILES string of the molecule is Cc1ncn(CC(=O)N2CCC(n3nc(C(C)(C)C)ccc3=O)CC2)c(=O)c1C. The average Bonchev–Trinajstić information content (AvgIpc) is 2.68. The van der Waals surface area contributed by atoms with Crippen molar-refractivity contribution in [2.75, 3.05) is 13.1 Å². The monoisotopic (exact) mass is 399 g/mol. The zero-order valence-electron chi connectivity index (χ0n) is 17.8. The van der Waals surface area contributed by atoms with Gasteiger partial charge in [0.25, 0.3) is 11.1 Å². The molecule has 0 atom stereocenters. The minimum absolute atomic E-state index is 0.0185. The third-order valence-electron chi connectivity index (χ3n) is 5.58. The summed E-state index contributed by atoms with van der Waals surface area (Å²) in [7, 11) is 0. The molecule has 0 spiro atoms. The van der Waals surface area contributed by atoms with Gasteiger partial charge in [0.05, 0.1) is 18.1 Å². The quantitative estimate of drug-likeness (QED) is 0.782. The summed E-state index contributed by atoms with van der Waals surface area (Å²) in [6.45, 7) is 10.7. The van der Waals surface area contributed by atoms with Crippen LogP contribution >= 0.6 is 0 Å². The number of carbonyl (C=O) groups is 1. The molecule has 0 bridgehead atoms. The molecule has 29 heavy (non-hydrogen) atoms. The van der Waals surface area contributed by atoms with Crippen LogP contribution in [0.4, 0.5) is 0 Å². The van der Waals surface area contributed by atoms with Crippen molar-refractivity contribution in [1.29, 1.82) is 0 Å². The van der Waals surface area contributed by atoms with E-state index >= 15 is 0 Å². The van der Waals surface area contributed by atoms with E-state index in [4.69, 9.17) is 0 Å². The van der Waals surface area contributed by atoms with Crippen molar-refractivity contribution in [1.82, 2.24) is 24.2 Å². The van der Waals surface area contributed by atoms with Crippen LogP contribution < -0.4 is 11.1 Å². The highest BCUT2D eigenvalue weighted by Gasteiger charge is 2.26. The summed E-state index contributed by atoms with van der Waals surface area (Å²) >= 11 is 0. The molecule has 0 unspecified atom stereocenters. The van der Waals surface area contributed by atoms with Crippen LogP contribution in [-0.2, 0) is 16.8 Å². The van der Waals surface area contributed by atoms with Crippen molar-refractivity contribution < 1.29 is 4.79 Å². The predicted molar refractivity (Wildman–Crippen MR) is 110 cm³/mol. The number of nitrogens with zero attached hydrogens (tertiary/aromatic N) is 5. The molecular formula is C21H29N5O3. The van der Waals surface area contributed by atoms with E-state index in [1.165, 1.54) is 10.9 Å². The van der Waals surface area contributed by atoms with Crippen LogP contribution in [0.25, 0.3) is 0 Å². The van der Waals surface area contributed by atoms with E-state index in [1.54, 1.807) is 35.6 Å². The molecule has 3 heterocycles. The average molecular weight is 399 g/mol. The van der Waals surface area contributed by atoms with Gasteiger partial charge in [0.15, 0.2) is 0 Å². The van der Waals surface area contributed by atoms with Gasteiger partial charge in [-0.3, -0.25) is 19.0 Å². The van der Waals surface area contributed by atoms with Crippen molar-refractivity contribution in [2.24, 2.45) is 0 Å². The fourth-order valence-electron chi connectivity index (χ4n) is 3.48. The largest absolute Gasteiger partial charge is 0.341 e. The van der Waals surface area contributed by atoms with Gasteiger partial charge in [-0.25, -0.2) is 9.67 Å². The normalized spacial score (nSPS) is 15.6. The third kappa shape index (κ3) is 4.46. The van der Waals surface area contributed by atoms with Gasteiger partial charge in [-0.05, 0) is 32.8 Å². The summed E-state index contributed by atoms with van der Waals surface area (Å²) in [6, 6.07) is 3.33. The Morgan fingerprint density at radius 3 is 2.41 bits per heavy atom. The molecule has 1 aliphatic rings.